The lowest BCUT2D eigenvalue weighted by Crippen LogP contribution is -2.33. The topological polar surface area (TPSA) is 354 Å². The minimum absolute atomic E-state index is 0.0220. The number of carboxylic acids is 1. The van der Waals surface area contributed by atoms with Gasteiger partial charge in [0.25, 0.3) is 0 Å². The van der Waals surface area contributed by atoms with Gasteiger partial charge in [-0.2, -0.15) is 0 Å². The van der Waals surface area contributed by atoms with E-state index in [0.717, 1.165) is 106 Å². The zero-order chi connectivity index (χ0) is 76.0. The van der Waals surface area contributed by atoms with Crippen LogP contribution < -0.4 is 33.3 Å². The Balaban J connectivity index is -0.000000103. The molecule has 2 aliphatic heterocycles. The molecule has 576 valence electrons. The predicted molar refractivity (Wildman–Crippen MR) is 400 cm³/mol. The van der Waals surface area contributed by atoms with Crippen LogP contribution in [0.3, 0.4) is 0 Å². The highest BCUT2D eigenvalue weighted by Crippen LogP contribution is 2.19. The lowest BCUT2D eigenvalue weighted by atomic mass is 9.89. The number of aliphatic carboxylic acids is 1. The van der Waals surface area contributed by atoms with Crippen LogP contribution in [0.4, 0.5) is 0 Å². The van der Waals surface area contributed by atoms with E-state index < -0.39 is 18.2 Å². The molecule has 19 nitrogen and oxygen atoms in total. The quantitative estimate of drug-likeness (QED) is 0.0188. The second-order valence-electron chi connectivity index (χ2n) is 30.7. The number of aliphatic hydroxyl groups excluding tert-OH is 6. The second-order valence-corrected chi connectivity index (χ2v) is 30.7. The van der Waals surface area contributed by atoms with Gasteiger partial charge in [-0.1, -0.05) is 166 Å². The lowest BCUT2D eigenvalue weighted by molar-refractivity contribution is -0.141. The molecule has 0 aromatic rings. The first-order valence-corrected chi connectivity index (χ1v) is 36.4. The summed E-state index contributed by atoms with van der Waals surface area (Å²) in [5.74, 6) is 8.36. The van der Waals surface area contributed by atoms with Gasteiger partial charge in [0.2, 0.25) is 11.8 Å². The molecule has 4 atom stereocenters. The Hall–Kier alpha value is -2.56. The van der Waals surface area contributed by atoms with Gasteiger partial charge in [0.1, 0.15) is 0 Å². The van der Waals surface area contributed by atoms with Crippen molar-refractivity contribution >= 4 is 23.8 Å². The van der Waals surface area contributed by atoms with Crippen molar-refractivity contribution < 1.29 is 64.9 Å². The van der Waals surface area contributed by atoms with Crippen molar-refractivity contribution in [1.29, 1.82) is 0 Å². The fraction of sp³-hybridized carbons (Fsp3) is 0.947. The van der Waals surface area contributed by atoms with Crippen molar-refractivity contribution in [2.24, 2.45) is 100 Å². The molecular weight excluding hydrogens is 1190 g/mol. The third-order valence-electron chi connectivity index (χ3n) is 13.7. The Morgan fingerprint density at radius 2 is 0.883 bits per heavy atom. The molecule has 0 aromatic heterocycles. The average Bonchev–Trinajstić information content (AvgIpc) is 4.03. The molecule has 17 N–H and O–H groups in total. The maximum absolute atomic E-state index is 10.5. The second kappa shape index (κ2) is 81.1. The Morgan fingerprint density at radius 3 is 1.04 bits per heavy atom. The molecule has 2 aliphatic rings. The van der Waals surface area contributed by atoms with Gasteiger partial charge in [0, 0.05) is 44.4 Å². The highest BCUT2D eigenvalue weighted by Gasteiger charge is 2.17. The van der Waals surface area contributed by atoms with Gasteiger partial charge < -0.3 is 68.3 Å². The molecule has 2 heterocycles. The monoisotopic (exact) mass is 1360 g/mol. The summed E-state index contributed by atoms with van der Waals surface area (Å²) in [5.41, 5.74) is 17.5. The van der Waals surface area contributed by atoms with Crippen molar-refractivity contribution in [2.45, 2.75) is 313 Å². The zero-order valence-corrected chi connectivity index (χ0v) is 66.7. The van der Waals surface area contributed by atoms with Gasteiger partial charge >= 0.3 is 11.9 Å². The Labute approximate surface area is 582 Å². The molecule has 94 heavy (non-hydrogen) atoms. The number of nitrogens with two attached hydrogens (primary N) is 3. The van der Waals surface area contributed by atoms with Gasteiger partial charge in [-0.05, 0) is 219 Å². The highest BCUT2D eigenvalue weighted by atomic mass is 16.5. The van der Waals surface area contributed by atoms with Crippen molar-refractivity contribution in [3.05, 3.63) is 0 Å². The standard InChI is InChI=1S/C8H17N.C7H15N.C7H17N.C7H14O2.C6H13NO2.C6H13NO.2C6H14O2.C6H12O2.C6H14O.C5H13N.C5H12O/c1-7(2)8-4-3-5-9-6-8;1-6(2)7-3-4-8-5-7;1-6(2)5-7(3,4)8;1-6(2)4-5-7(8)9-3;1-5(2)3-4-6(8)7-9;1-5(2)3-4-6(7)8;2*1-5(2)3-6(8)4-7;1-5(2)3-4-6(7)8;1-6(2)4-3-5-7;2*1-5(2)3-4-6/h7-9H,3-6H2,1-2H3;6-8H,3-5H2,1-2H3;6H,5,8H2,1-4H3;6H,4-5H2,1-3H3;5,9H,3-4H2,1-2H3,(H,7,8);5H,3-4H2,1-2H3,(H2,7,8);2*5-8H,3-4H2,1-2H3;5H,3-4H2,1-2H3,(H,7,8);6-7H,3-5H2,1-2H3;5H,3-4,6H2,1-2H3;5-6H,3-4H2,1-2H3/t;;;;;;2*6-;;;;/m......10..../s1. The number of carboxylic acid groups (broad SMARTS) is 1. The number of methoxy groups -OCH3 is 1. The first-order valence-electron chi connectivity index (χ1n) is 36.4. The number of primary amides is 1. The van der Waals surface area contributed by atoms with Gasteiger partial charge in [-0.25, -0.2) is 5.48 Å². The number of esters is 1. The van der Waals surface area contributed by atoms with E-state index in [-0.39, 0.29) is 36.5 Å². The Bertz CT molecular complexity index is 1430. The highest BCUT2D eigenvalue weighted by molar-refractivity contribution is 5.74. The summed E-state index contributed by atoms with van der Waals surface area (Å²) in [5, 5.41) is 73.8. The van der Waals surface area contributed by atoms with Crippen LogP contribution in [0, 0.1) is 82.9 Å². The molecule has 0 spiro atoms. The third kappa shape index (κ3) is 137. The van der Waals surface area contributed by atoms with Crippen LogP contribution in [0.25, 0.3) is 0 Å². The normalized spacial score (nSPS) is 14.5. The van der Waals surface area contributed by atoms with E-state index in [1.807, 2.05) is 55.4 Å². The molecule has 0 aliphatic carbocycles. The van der Waals surface area contributed by atoms with Crippen LogP contribution in [0.2, 0.25) is 0 Å². The molecule has 0 aromatic carbocycles. The molecule has 0 radical (unpaired) electrons. The smallest absolute Gasteiger partial charge is 0.305 e. The number of amides is 2. The molecule has 2 saturated heterocycles. The van der Waals surface area contributed by atoms with E-state index in [1.54, 1.807) is 5.48 Å². The van der Waals surface area contributed by atoms with Crippen molar-refractivity contribution in [1.82, 2.24) is 16.1 Å². The van der Waals surface area contributed by atoms with E-state index in [9.17, 15) is 19.2 Å². The summed E-state index contributed by atoms with van der Waals surface area (Å²) in [6.45, 7) is 61.3. The van der Waals surface area contributed by atoms with Crippen molar-refractivity contribution in [2.75, 3.05) is 66.3 Å². The number of hydroxylamine groups is 1. The van der Waals surface area contributed by atoms with Gasteiger partial charge in [-0.15, -0.1) is 0 Å². The average molecular weight is 1360 g/mol. The molecule has 2 amide bonds. The van der Waals surface area contributed by atoms with Crippen molar-refractivity contribution in [3.8, 4) is 0 Å². The van der Waals surface area contributed by atoms with Crippen LogP contribution in [-0.2, 0) is 23.9 Å². The molecular formula is C75H168N6O13. The minimum Gasteiger partial charge on any atom is -0.481 e. The number of hydrogen-bond acceptors (Lipinski definition) is 16. The van der Waals surface area contributed by atoms with Gasteiger partial charge in [0.05, 0.1) is 32.5 Å². The zero-order valence-electron chi connectivity index (χ0n) is 66.7. The van der Waals surface area contributed by atoms with Crippen molar-refractivity contribution in [3.63, 3.8) is 0 Å². The number of aliphatic hydroxyl groups is 6. The maximum Gasteiger partial charge on any atom is 0.305 e. The number of piperidine rings is 1. The van der Waals surface area contributed by atoms with Crippen LogP contribution in [-0.4, -0.2) is 149 Å². The first-order chi connectivity index (χ1) is 43.2. The van der Waals surface area contributed by atoms with Gasteiger partial charge in [-0.3, -0.25) is 24.4 Å². The fourth-order valence-corrected chi connectivity index (χ4v) is 7.90. The summed E-state index contributed by atoms with van der Waals surface area (Å²) in [6.07, 6.45) is 15.1. The molecule has 0 saturated carbocycles. The number of ether oxygens (including phenoxy) is 1. The number of rotatable bonds is 29. The molecule has 2 rings (SSSR count). The predicted octanol–water partition coefficient (Wildman–Crippen LogP) is 13.8. The Morgan fingerprint density at radius 1 is 0.511 bits per heavy atom. The van der Waals surface area contributed by atoms with E-state index in [2.05, 4.69) is 140 Å². The first kappa shape index (κ1) is 113. The molecule has 2 fully saturated rings. The summed E-state index contributed by atoms with van der Waals surface area (Å²) >= 11 is 0. The minimum atomic E-state index is -0.696. The van der Waals surface area contributed by atoms with Crippen LogP contribution in [0.1, 0.15) is 296 Å². The SMILES string of the molecule is CC(C)C1CCCNC1.CC(C)C1CCNC1.CC(C)CC(C)(C)N.CC(C)CCC(=O)NO.CC(C)CCC(=O)O.CC(C)CCC(N)=O.CC(C)CCCO.CC(C)CCN.CC(C)CCO.CC(C)C[C@@H](O)CO.CC(C)C[C@H](O)CO.COC(=O)CCC(C)C. The summed E-state index contributed by atoms with van der Waals surface area (Å²) < 4.78 is 4.46. The molecule has 0 bridgehead atoms. The van der Waals surface area contributed by atoms with Crippen LogP contribution in [0.15, 0.2) is 0 Å². The number of hydrogen-bond donors (Lipinski definition) is 14. The largest absolute Gasteiger partial charge is 0.481 e. The van der Waals surface area contributed by atoms with Crippen LogP contribution >= 0.6 is 0 Å². The van der Waals surface area contributed by atoms with E-state index in [1.165, 1.54) is 52.6 Å². The Kier molecular flexibility index (Phi) is 97.3. The fourth-order valence-electron chi connectivity index (χ4n) is 7.90. The lowest BCUT2D eigenvalue weighted by Gasteiger charge is -2.25. The number of carbonyl (C=O) groups excluding carboxylic acids is 3. The summed E-state index contributed by atoms with van der Waals surface area (Å²) in [4.78, 5) is 40.9. The van der Waals surface area contributed by atoms with Gasteiger partial charge in [0.15, 0.2) is 0 Å². The summed E-state index contributed by atoms with van der Waals surface area (Å²) in [7, 11) is 1.42. The van der Waals surface area contributed by atoms with E-state index >= 15 is 0 Å². The molecule has 19 heteroatoms. The molecule has 2 unspecified atom stereocenters. The summed E-state index contributed by atoms with van der Waals surface area (Å²) in [6, 6.07) is 0. The van der Waals surface area contributed by atoms with E-state index in [0.29, 0.717) is 93.2 Å². The number of nitrogens with one attached hydrogen (secondary N) is 3. The third-order valence-corrected chi connectivity index (χ3v) is 13.7. The number of carbonyl (C=O) groups is 4. The maximum atomic E-state index is 10.5. The van der Waals surface area contributed by atoms with E-state index in [4.69, 9.17) is 58.2 Å². The van der Waals surface area contributed by atoms with Crippen LogP contribution in [0.5, 0.6) is 0 Å².